The van der Waals surface area contributed by atoms with Crippen molar-refractivity contribution < 1.29 is 18.9 Å². The Labute approximate surface area is 126 Å². The largest absolute Gasteiger partial charge is 0.468 e. The molecule has 114 valence electrons. The molecule has 1 aromatic carbocycles. The van der Waals surface area contributed by atoms with Gasteiger partial charge in [0.25, 0.3) is 0 Å². The minimum Gasteiger partial charge on any atom is -0.468 e. The van der Waals surface area contributed by atoms with Gasteiger partial charge in [-0.25, -0.2) is 0 Å². The average molecular weight is 290 g/mol. The van der Waals surface area contributed by atoms with Crippen molar-refractivity contribution in [1.29, 1.82) is 0 Å². The van der Waals surface area contributed by atoms with Gasteiger partial charge < -0.3 is 18.9 Å². The van der Waals surface area contributed by atoms with Gasteiger partial charge in [0.1, 0.15) is 11.5 Å². The molecule has 0 bridgehead atoms. The molecule has 0 unspecified atom stereocenters. The lowest BCUT2D eigenvalue weighted by Crippen LogP contribution is -2.03. The van der Waals surface area contributed by atoms with Gasteiger partial charge in [-0.3, -0.25) is 0 Å². The zero-order chi connectivity index (χ0) is 15.5. The van der Waals surface area contributed by atoms with E-state index < -0.39 is 0 Å². The summed E-state index contributed by atoms with van der Waals surface area (Å²) in [5.41, 5.74) is 1.71. The van der Waals surface area contributed by atoms with Crippen LogP contribution in [-0.4, -0.2) is 27.8 Å². The summed E-state index contributed by atoms with van der Waals surface area (Å²) in [7, 11) is 3.15. The molecule has 0 fully saturated rings. The molecule has 0 aliphatic heterocycles. The first kappa shape index (κ1) is 17.0. The molecular formula is C17H22O4. The van der Waals surface area contributed by atoms with Crippen molar-refractivity contribution in [3.63, 3.8) is 0 Å². The molecule has 0 radical (unpaired) electrons. The predicted octanol–water partition coefficient (Wildman–Crippen LogP) is 3.76. The van der Waals surface area contributed by atoms with E-state index in [1.165, 1.54) is 0 Å². The number of hydrogen-bond acceptors (Lipinski definition) is 4. The van der Waals surface area contributed by atoms with Crippen molar-refractivity contribution in [2.24, 2.45) is 0 Å². The molecule has 0 heterocycles. The summed E-state index contributed by atoms with van der Waals surface area (Å²) >= 11 is 0. The third kappa shape index (κ3) is 5.45. The van der Waals surface area contributed by atoms with Gasteiger partial charge in [-0.15, -0.1) is 0 Å². The summed E-state index contributed by atoms with van der Waals surface area (Å²) in [5.74, 6) is 1.22. The van der Waals surface area contributed by atoms with Gasteiger partial charge >= 0.3 is 0 Å². The van der Waals surface area contributed by atoms with E-state index in [2.05, 4.69) is 6.58 Å². The quantitative estimate of drug-likeness (QED) is 0.394. The highest BCUT2D eigenvalue weighted by Crippen LogP contribution is 2.31. The second kappa shape index (κ2) is 9.80. The maximum atomic E-state index is 5.59. The highest BCUT2D eigenvalue weighted by Gasteiger charge is 2.12. The van der Waals surface area contributed by atoms with Crippen LogP contribution in [0.2, 0.25) is 0 Å². The van der Waals surface area contributed by atoms with Crippen LogP contribution >= 0.6 is 0 Å². The predicted molar refractivity (Wildman–Crippen MR) is 83.8 cm³/mol. The molecular weight excluding hydrogens is 268 g/mol. The van der Waals surface area contributed by atoms with Crippen molar-refractivity contribution >= 4 is 5.57 Å². The maximum Gasteiger partial charge on any atom is 0.188 e. The number of hydrogen-bond donors (Lipinski definition) is 0. The Balaban J connectivity index is 3.11. The second-order valence-electron chi connectivity index (χ2n) is 4.13. The summed E-state index contributed by atoms with van der Waals surface area (Å²) < 4.78 is 20.9. The molecule has 21 heavy (non-hydrogen) atoms. The average Bonchev–Trinajstić information content (AvgIpc) is 2.52. The first-order valence-corrected chi connectivity index (χ1v) is 6.59. The molecule has 0 aromatic heterocycles. The summed E-state index contributed by atoms with van der Waals surface area (Å²) in [6, 6.07) is 7.66. The number of methoxy groups -OCH3 is 2. The van der Waals surface area contributed by atoms with E-state index >= 15 is 0 Å². The smallest absolute Gasteiger partial charge is 0.188 e. The lowest BCUT2D eigenvalue weighted by molar-refractivity contribution is 0.0118. The van der Waals surface area contributed by atoms with Crippen LogP contribution in [-0.2, 0) is 14.2 Å². The number of allylic oxidation sites excluding steroid dienone is 4. The molecule has 0 saturated heterocycles. The Kier molecular flexibility index (Phi) is 7.94. The molecule has 0 N–H and O–H groups in total. The fraction of sp³-hybridized carbons (Fsp3) is 0.294. The Morgan fingerprint density at radius 2 is 1.86 bits per heavy atom. The Hall–Kier alpha value is -2.04. The van der Waals surface area contributed by atoms with Crippen LogP contribution in [0.15, 0.2) is 54.8 Å². The maximum absolute atomic E-state index is 5.59. The van der Waals surface area contributed by atoms with Crippen LogP contribution in [0.1, 0.15) is 12.5 Å². The number of ether oxygens (including phenoxy) is 4. The SMILES string of the molecule is C=C(OCOC)/C(=C\C=C/C)c1ccccc1OCOC. The molecule has 0 atom stereocenters. The molecule has 0 aliphatic rings. The Bertz CT molecular complexity index is 503. The minimum atomic E-state index is 0.146. The van der Waals surface area contributed by atoms with Crippen LogP contribution in [0, 0.1) is 0 Å². The van der Waals surface area contributed by atoms with Crippen LogP contribution in [0.3, 0.4) is 0 Å². The zero-order valence-electron chi connectivity index (χ0n) is 12.8. The van der Waals surface area contributed by atoms with E-state index in [-0.39, 0.29) is 13.6 Å². The van der Waals surface area contributed by atoms with Gasteiger partial charge in [0.05, 0.1) is 0 Å². The van der Waals surface area contributed by atoms with Crippen molar-refractivity contribution in [2.45, 2.75) is 6.92 Å². The van der Waals surface area contributed by atoms with Crippen molar-refractivity contribution in [3.8, 4) is 5.75 Å². The number of benzene rings is 1. The first-order chi connectivity index (χ1) is 10.2. The fourth-order valence-corrected chi connectivity index (χ4v) is 1.67. The minimum absolute atomic E-state index is 0.146. The molecule has 4 heteroatoms. The zero-order valence-corrected chi connectivity index (χ0v) is 12.8. The van der Waals surface area contributed by atoms with Crippen LogP contribution in [0.25, 0.3) is 5.57 Å². The third-order valence-corrected chi connectivity index (χ3v) is 2.62. The summed E-state index contributed by atoms with van der Waals surface area (Å²) in [4.78, 5) is 0. The Morgan fingerprint density at radius 1 is 1.14 bits per heavy atom. The van der Waals surface area contributed by atoms with Gasteiger partial charge in [-0.1, -0.05) is 43.0 Å². The standard InChI is InChI=1S/C17H22O4/c1-5-6-9-15(14(2)20-12-18-3)16-10-7-8-11-17(16)21-13-19-4/h5-11H,2,12-13H2,1,3-4H3/b6-5-,15-9+. The van der Waals surface area contributed by atoms with Crippen LogP contribution in [0.5, 0.6) is 5.75 Å². The van der Waals surface area contributed by atoms with E-state index in [4.69, 9.17) is 18.9 Å². The molecule has 0 aliphatic carbocycles. The molecule has 1 rings (SSSR count). The number of rotatable bonds is 9. The highest BCUT2D eigenvalue weighted by molar-refractivity contribution is 5.81. The topological polar surface area (TPSA) is 36.9 Å². The van der Waals surface area contributed by atoms with Gasteiger partial charge in [-0.2, -0.15) is 0 Å². The summed E-state index contributed by atoms with van der Waals surface area (Å²) in [5, 5.41) is 0. The van der Waals surface area contributed by atoms with Gasteiger partial charge in [0, 0.05) is 25.4 Å². The monoisotopic (exact) mass is 290 g/mol. The van der Waals surface area contributed by atoms with Gasteiger partial charge in [0.2, 0.25) is 0 Å². The van der Waals surface area contributed by atoms with Crippen molar-refractivity contribution in [1.82, 2.24) is 0 Å². The Morgan fingerprint density at radius 3 is 2.52 bits per heavy atom. The summed E-state index contributed by atoms with van der Waals surface area (Å²) in [6.45, 7) is 6.22. The second-order valence-corrected chi connectivity index (χ2v) is 4.13. The van der Waals surface area contributed by atoms with E-state index in [1.807, 2.05) is 49.4 Å². The molecule has 4 nitrogen and oxygen atoms in total. The van der Waals surface area contributed by atoms with E-state index in [0.717, 1.165) is 11.1 Å². The normalized spacial score (nSPS) is 11.7. The first-order valence-electron chi connectivity index (χ1n) is 6.59. The molecule has 0 spiro atoms. The van der Waals surface area contributed by atoms with Crippen molar-refractivity contribution in [2.75, 3.05) is 27.8 Å². The van der Waals surface area contributed by atoms with Gasteiger partial charge in [0.15, 0.2) is 13.6 Å². The van der Waals surface area contributed by atoms with E-state index in [1.54, 1.807) is 14.2 Å². The molecule has 1 aromatic rings. The third-order valence-electron chi connectivity index (χ3n) is 2.62. The van der Waals surface area contributed by atoms with Crippen LogP contribution in [0.4, 0.5) is 0 Å². The van der Waals surface area contributed by atoms with Crippen molar-refractivity contribution in [3.05, 3.63) is 60.4 Å². The highest BCUT2D eigenvalue weighted by atomic mass is 16.7. The molecule has 0 saturated carbocycles. The fourth-order valence-electron chi connectivity index (χ4n) is 1.67. The van der Waals surface area contributed by atoms with E-state index in [9.17, 15) is 0 Å². The lowest BCUT2D eigenvalue weighted by Gasteiger charge is -2.15. The van der Waals surface area contributed by atoms with Gasteiger partial charge in [-0.05, 0) is 13.0 Å². The van der Waals surface area contributed by atoms with Crippen LogP contribution < -0.4 is 4.74 Å². The molecule has 0 amide bonds. The lowest BCUT2D eigenvalue weighted by atomic mass is 10.0. The number of para-hydroxylation sites is 1. The summed E-state index contributed by atoms with van der Waals surface area (Å²) in [6.07, 6.45) is 5.78. The van der Waals surface area contributed by atoms with E-state index in [0.29, 0.717) is 11.5 Å².